The van der Waals surface area contributed by atoms with Crippen LogP contribution in [0.2, 0.25) is 0 Å². The number of nitro groups is 1. The van der Waals surface area contributed by atoms with Gasteiger partial charge < -0.3 is 19.5 Å². The highest BCUT2D eigenvalue weighted by molar-refractivity contribution is 5.95. The Balaban J connectivity index is 2.15. The molecule has 1 amide bonds. The van der Waals surface area contributed by atoms with Crippen molar-refractivity contribution < 1.29 is 23.9 Å². The Bertz CT molecular complexity index is 906. The lowest BCUT2D eigenvalue weighted by Crippen LogP contribution is -2.30. The van der Waals surface area contributed by atoms with Gasteiger partial charge in [0, 0.05) is 12.1 Å². The van der Waals surface area contributed by atoms with Crippen LogP contribution in [0.1, 0.15) is 12.5 Å². The Morgan fingerprint density at radius 1 is 1.15 bits per heavy atom. The van der Waals surface area contributed by atoms with Crippen molar-refractivity contribution in [1.82, 2.24) is 0 Å². The van der Waals surface area contributed by atoms with E-state index in [1.54, 1.807) is 6.07 Å². The Labute approximate surface area is 155 Å². The van der Waals surface area contributed by atoms with Gasteiger partial charge in [-0.25, -0.2) is 0 Å². The standard InChI is InChI=1S/C18H17N3O6/c1-11(27-15-7-4-12(10-19)8-17(15)26-3)18(22)20-14-6-5-13(21(23)24)9-16(14)25-2/h4-9,11H,1-3H3,(H,20,22)/t11-/m1/s1. The average Bonchev–Trinajstić information content (AvgIpc) is 2.68. The molecule has 0 aliphatic carbocycles. The molecule has 140 valence electrons. The second kappa shape index (κ2) is 8.53. The van der Waals surface area contributed by atoms with Crippen molar-refractivity contribution in [3.8, 4) is 23.3 Å². The maximum Gasteiger partial charge on any atom is 0.273 e. The first-order valence-electron chi connectivity index (χ1n) is 7.77. The third-order valence-electron chi connectivity index (χ3n) is 3.62. The molecule has 0 heterocycles. The number of hydrogen-bond donors (Lipinski definition) is 1. The molecule has 0 aliphatic heterocycles. The number of nitrogens with zero attached hydrogens (tertiary/aromatic N) is 2. The summed E-state index contributed by atoms with van der Waals surface area (Å²) in [6.07, 6.45) is -0.910. The van der Waals surface area contributed by atoms with Gasteiger partial charge in [0.1, 0.15) is 5.75 Å². The fourth-order valence-corrected chi connectivity index (χ4v) is 2.21. The highest BCUT2D eigenvalue weighted by atomic mass is 16.6. The number of nitrogens with one attached hydrogen (secondary N) is 1. The van der Waals surface area contributed by atoms with Crippen molar-refractivity contribution in [3.05, 3.63) is 52.1 Å². The molecule has 2 rings (SSSR count). The number of amides is 1. The van der Waals surface area contributed by atoms with Crippen LogP contribution in [0.25, 0.3) is 0 Å². The van der Waals surface area contributed by atoms with Gasteiger partial charge in [-0.2, -0.15) is 5.26 Å². The first-order valence-corrected chi connectivity index (χ1v) is 7.77. The van der Waals surface area contributed by atoms with Gasteiger partial charge in [-0.05, 0) is 25.1 Å². The minimum absolute atomic E-state index is 0.153. The molecule has 9 nitrogen and oxygen atoms in total. The summed E-state index contributed by atoms with van der Waals surface area (Å²) in [6, 6.07) is 10.4. The van der Waals surface area contributed by atoms with E-state index >= 15 is 0 Å². The zero-order valence-electron chi connectivity index (χ0n) is 14.9. The Morgan fingerprint density at radius 2 is 1.85 bits per heavy atom. The number of nitriles is 1. The molecule has 1 N–H and O–H groups in total. The maximum absolute atomic E-state index is 12.4. The Morgan fingerprint density at radius 3 is 2.44 bits per heavy atom. The number of rotatable bonds is 7. The highest BCUT2D eigenvalue weighted by Crippen LogP contribution is 2.31. The second-order valence-electron chi connectivity index (χ2n) is 5.37. The Hall–Kier alpha value is -3.80. The van der Waals surface area contributed by atoms with Crippen LogP contribution in [-0.2, 0) is 4.79 Å². The molecular formula is C18H17N3O6. The zero-order valence-corrected chi connectivity index (χ0v) is 14.9. The lowest BCUT2D eigenvalue weighted by molar-refractivity contribution is -0.384. The summed E-state index contributed by atoms with van der Waals surface area (Å²) in [6.45, 7) is 1.53. The van der Waals surface area contributed by atoms with Crippen molar-refractivity contribution in [3.63, 3.8) is 0 Å². The molecule has 1 atom stereocenters. The molecule has 0 saturated heterocycles. The number of carbonyl (C=O) groups is 1. The quantitative estimate of drug-likeness (QED) is 0.586. The predicted molar refractivity (Wildman–Crippen MR) is 96.1 cm³/mol. The summed E-state index contributed by atoms with van der Waals surface area (Å²) in [5.74, 6) is 0.283. The number of anilines is 1. The first kappa shape index (κ1) is 19.5. The summed E-state index contributed by atoms with van der Waals surface area (Å²) in [7, 11) is 2.77. The number of carbonyl (C=O) groups excluding carboxylic acids is 1. The number of non-ortho nitro benzene ring substituents is 1. The minimum atomic E-state index is -0.910. The monoisotopic (exact) mass is 371 g/mol. The number of hydrogen-bond acceptors (Lipinski definition) is 7. The maximum atomic E-state index is 12.4. The molecule has 0 saturated carbocycles. The zero-order chi connectivity index (χ0) is 20.0. The van der Waals surface area contributed by atoms with Crippen molar-refractivity contribution in [2.45, 2.75) is 13.0 Å². The normalized spacial score (nSPS) is 11.0. The number of methoxy groups -OCH3 is 2. The molecule has 0 fully saturated rings. The van der Waals surface area contributed by atoms with Gasteiger partial charge in [0.05, 0.1) is 42.5 Å². The van der Waals surface area contributed by atoms with Crippen LogP contribution in [0.3, 0.4) is 0 Å². The van der Waals surface area contributed by atoms with Crippen LogP contribution in [0, 0.1) is 21.4 Å². The Kier molecular flexibility index (Phi) is 6.17. The largest absolute Gasteiger partial charge is 0.494 e. The van der Waals surface area contributed by atoms with Crippen LogP contribution in [0.4, 0.5) is 11.4 Å². The van der Waals surface area contributed by atoms with Crippen molar-refractivity contribution in [2.24, 2.45) is 0 Å². The molecule has 0 unspecified atom stereocenters. The molecule has 27 heavy (non-hydrogen) atoms. The van der Waals surface area contributed by atoms with Crippen molar-refractivity contribution in [1.29, 1.82) is 5.26 Å². The van der Waals surface area contributed by atoms with Crippen LogP contribution in [-0.4, -0.2) is 31.2 Å². The minimum Gasteiger partial charge on any atom is -0.494 e. The lowest BCUT2D eigenvalue weighted by atomic mass is 10.2. The molecule has 0 aromatic heterocycles. The molecule has 9 heteroatoms. The van der Waals surface area contributed by atoms with Gasteiger partial charge in [0.15, 0.2) is 17.6 Å². The van der Waals surface area contributed by atoms with E-state index < -0.39 is 16.9 Å². The van der Waals surface area contributed by atoms with E-state index in [1.807, 2.05) is 6.07 Å². The fourth-order valence-electron chi connectivity index (χ4n) is 2.21. The number of ether oxygens (including phenoxy) is 3. The highest BCUT2D eigenvalue weighted by Gasteiger charge is 2.20. The summed E-state index contributed by atoms with van der Waals surface area (Å²) < 4.78 is 15.9. The SMILES string of the molecule is COc1cc([N+](=O)[O-])ccc1NC(=O)[C@@H](C)Oc1ccc(C#N)cc1OC. The van der Waals surface area contributed by atoms with Crippen molar-refractivity contribution in [2.75, 3.05) is 19.5 Å². The summed E-state index contributed by atoms with van der Waals surface area (Å²) in [5.41, 5.74) is 0.513. The summed E-state index contributed by atoms with van der Waals surface area (Å²) >= 11 is 0. The van der Waals surface area contributed by atoms with Gasteiger partial charge in [-0.1, -0.05) is 0 Å². The summed E-state index contributed by atoms with van der Waals surface area (Å²) in [5, 5.41) is 22.4. The number of benzene rings is 2. The molecule has 0 bridgehead atoms. The lowest BCUT2D eigenvalue weighted by Gasteiger charge is -2.17. The van der Waals surface area contributed by atoms with Gasteiger partial charge in [0.25, 0.3) is 11.6 Å². The first-order chi connectivity index (χ1) is 12.9. The molecule has 0 aliphatic rings. The van der Waals surface area contributed by atoms with Gasteiger partial charge in [0.2, 0.25) is 0 Å². The molecule has 2 aromatic rings. The molecule has 0 radical (unpaired) electrons. The molecule has 0 spiro atoms. The van der Waals surface area contributed by atoms with E-state index in [4.69, 9.17) is 19.5 Å². The topological polar surface area (TPSA) is 124 Å². The molecular weight excluding hydrogens is 354 g/mol. The van der Waals surface area contributed by atoms with Gasteiger partial charge in [-0.15, -0.1) is 0 Å². The van der Waals surface area contributed by atoms with E-state index in [-0.39, 0.29) is 17.1 Å². The number of nitro benzene ring substituents is 1. The van der Waals surface area contributed by atoms with E-state index in [0.717, 1.165) is 0 Å². The second-order valence-corrected chi connectivity index (χ2v) is 5.37. The van der Waals surface area contributed by atoms with E-state index in [9.17, 15) is 14.9 Å². The fraction of sp³-hybridized carbons (Fsp3) is 0.222. The van der Waals surface area contributed by atoms with Gasteiger partial charge >= 0.3 is 0 Å². The molecule has 2 aromatic carbocycles. The van der Waals surface area contributed by atoms with Crippen LogP contribution < -0.4 is 19.5 Å². The van der Waals surface area contributed by atoms with Crippen LogP contribution in [0.15, 0.2) is 36.4 Å². The average molecular weight is 371 g/mol. The summed E-state index contributed by atoms with van der Waals surface area (Å²) in [4.78, 5) is 22.7. The van der Waals surface area contributed by atoms with E-state index in [0.29, 0.717) is 17.1 Å². The van der Waals surface area contributed by atoms with Crippen LogP contribution in [0.5, 0.6) is 17.2 Å². The smallest absolute Gasteiger partial charge is 0.273 e. The predicted octanol–water partition coefficient (Wildman–Crippen LogP) is 2.89. The van der Waals surface area contributed by atoms with E-state index in [2.05, 4.69) is 5.32 Å². The van der Waals surface area contributed by atoms with Crippen LogP contribution >= 0.6 is 0 Å². The van der Waals surface area contributed by atoms with Gasteiger partial charge in [-0.3, -0.25) is 14.9 Å². The third kappa shape index (κ3) is 4.64. The van der Waals surface area contributed by atoms with E-state index in [1.165, 1.54) is 51.5 Å². The van der Waals surface area contributed by atoms with Crippen molar-refractivity contribution >= 4 is 17.3 Å². The third-order valence-corrected chi connectivity index (χ3v) is 3.62.